The standard InChI is InChI=1S/C17H26N2O2/c1-14(8-9-19-12-10-18(3)11-13-19)21-17-7-5-4-6-16(17)15(2)20/h4-7,14H,8-13H2,1-3H3. The van der Waals surface area contributed by atoms with Crippen molar-refractivity contribution in [2.45, 2.75) is 26.4 Å². The van der Waals surface area contributed by atoms with Gasteiger partial charge in [0.05, 0.1) is 11.7 Å². The number of carbonyl (C=O) groups excluding carboxylic acids is 1. The molecule has 0 aromatic heterocycles. The minimum absolute atomic E-state index is 0.0527. The van der Waals surface area contributed by atoms with Gasteiger partial charge in [0.2, 0.25) is 0 Å². The van der Waals surface area contributed by atoms with Gasteiger partial charge in [-0.1, -0.05) is 12.1 Å². The molecule has 0 radical (unpaired) electrons. The minimum Gasteiger partial charge on any atom is -0.490 e. The molecule has 21 heavy (non-hydrogen) atoms. The highest BCUT2D eigenvalue weighted by Gasteiger charge is 2.16. The summed E-state index contributed by atoms with van der Waals surface area (Å²) in [4.78, 5) is 16.4. The van der Waals surface area contributed by atoms with Crippen molar-refractivity contribution >= 4 is 5.78 Å². The molecule has 4 heteroatoms. The lowest BCUT2D eigenvalue weighted by Gasteiger charge is -2.32. The van der Waals surface area contributed by atoms with Crippen LogP contribution in [0.4, 0.5) is 0 Å². The number of hydrogen-bond donors (Lipinski definition) is 0. The maximum atomic E-state index is 11.6. The highest BCUT2D eigenvalue weighted by atomic mass is 16.5. The Bertz CT molecular complexity index is 468. The average Bonchev–Trinajstić information content (AvgIpc) is 2.47. The summed E-state index contributed by atoms with van der Waals surface area (Å²) in [5.41, 5.74) is 0.670. The number of carbonyl (C=O) groups is 1. The molecule has 0 N–H and O–H groups in total. The molecule has 4 nitrogen and oxygen atoms in total. The van der Waals surface area contributed by atoms with E-state index >= 15 is 0 Å². The third-order valence-electron chi connectivity index (χ3n) is 4.04. The van der Waals surface area contributed by atoms with E-state index in [2.05, 4.69) is 23.8 Å². The van der Waals surface area contributed by atoms with E-state index in [4.69, 9.17) is 4.74 Å². The Morgan fingerprint density at radius 3 is 2.57 bits per heavy atom. The van der Waals surface area contributed by atoms with Gasteiger partial charge in [-0.25, -0.2) is 0 Å². The molecule has 0 saturated carbocycles. The maximum Gasteiger partial charge on any atom is 0.163 e. The summed E-state index contributed by atoms with van der Waals surface area (Å²) in [6.07, 6.45) is 1.10. The van der Waals surface area contributed by atoms with E-state index in [1.54, 1.807) is 6.92 Å². The molecular formula is C17H26N2O2. The van der Waals surface area contributed by atoms with E-state index < -0.39 is 0 Å². The Kier molecular flexibility index (Phi) is 5.76. The van der Waals surface area contributed by atoms with Crippen molar-refractivity contribution < 1.29 is 9.53 Å². The smallest absolute Gasteiger partial charge is 0.163 e. The Morgan fingerprint density at radius 1 is 1.24 bits per heavy atom. The number of rotatable bonds is 6. The first-order chi connectivity index (χ1) is 10.1. The summed E-state index contributed by atoms with van der Waals surface area (Å²) in [6.45, 7) is 9.26. The van der Waals surface area contributed by atoms with Crippen LogP contribution in [0.25, 0.3) is 0 Å². The summed E-state index contributed by atoms with van der Waals surface area (Å²) in [5, 5.41) is 0. The SMILES string of the molecule is CC(=O)c1ccccc1OC(C)CCN1CCN(C)CC1. The zero-order valence-electron chi connectivity index (χ0n) is 13.3. The summed E-state index contributed by atoms with van der Waals surface area (Å²) in [7, 11) is 2.17. The van der Waals surface area contributed by atoms with Gasteiger partial charge in [-0.05, 0) is 39.4 Å². The van der Waals surface area contributed by atoms with Crippen LogP contribution >= 0.6 is 0 Å². The first kappa shape index (κ1) is 16.0. The molecule has 1 saturated heterocycles. The number of para-hydroxylation sites is 1. The van der Waals surface area contributed by atoms with Crippen molar-refractivity contribution in [1.29, 1.82) is 0 Å². The maximum absolute atomic E-state index is 11.6. The molecule has 0 aliphatic carbocycles. The molecule has 0 bridgehead atoms. The van der Waals surface area contributed by atoms with Crippen molar-refractivity contribution in [3.05, 3.63) is 29.8 Å². The van der Waals surface area contributed by atoms with Gasteiger partial charge in [-0.3, -0.25) is 4.79 Å². The second-order valence-electron chi connectivity index (χ2n) is 5.91. The van der Waals surface area contributed by atoms with E-state index in [0.717, 1.165) is 39.1 Å². The Balaban J connectivity index is 1.82. The lowest BCUT2D eigenvalue weighted by Crippen LogP contribution is -2.45. The third kappa shape index (κ3) is 4.83. The number of nitrogens with zero attached hydrogens (tertiary/aromatic N) is 2. The molecule has 1 atom stereocenters. The zero-order chi connectivity index (χ0) is 15.2. The van der Waals surface area contributed by atoms with Crippen LogP contribution in [-0.2, 0) is 0 Å². The Labute approximate surface area is 127 Å². The summed E-state index contributed by atoms with van der Waals surface area (Å²) >= 11 is 0. The van der Waals surface area contributed by atoms with Gasteiger partial charge in [0, 0.05) is 32.7 Å². The van der Waals surface area contributed by atoms with Crippen LogP contribution in [0.2, 0.25) is 0 Å². The van der Waals surface area contributed by atoms with Gasteiger partial charge in [-0.15, -0.1) is 0 Å². The fourth-order valence-electron chi connectivity index (χ4n) is 2.57. The second kappa shape index (κ2) is 7.57. The van der Waals surface area contributed by atoms with Crippen molar-refractivity contribution in [2.24, 2.45) is 0 Å². The summed E-state index contributed by atoms with van der Waals surface area (Å²) in [5.74, 6) is 0.757. The van der Waals surface area contributed by atoms with Crippen LogP contribution in [0.1, 0.15) is 30.6 Å². The van der Waals surface area contributed by atoms with Crippen molar-refractivity contribution in [2.75, 3.05) is 39.8 Å². The van der Waals surface area contributed by atoms with Gasteiger partial charge in [0.25, 0.3) is 0 Å². The number of Topliss-reactive ketones (excluding diaryl/α,β-unsaturated/α-hetero) is 1. The fourth-order valence-corrected chi connectivity index (χ4v) is 2.57. The molecule has 2 rings (SSSR count). The quantitative estimate of drug-likeness (QED) is 0.753. The van der Waals surface area contributed by atoms with Gasteiger partial charge < -0.3 is 14.5 Å². The van der Waals surface area contributed by atoms with Crippen molar-refractivity contribution in [3.63, 3.8) is 0 Å². The molecule has 0 spiro atoms. The number of benzene rings is 1. The van der Waals surface area contributed by atoms with E-state index in [1.807, 2.05) is 24.3 Å². The monoisotopic (exact) mass is 290 g/mol. The number of piperazine rings is 1. The van der Waals surface area contributed by atoms with Crippen LogP contribution in [0.5, 0.6) is 5.75 Å². The largest absolute Gasteiger partial charge is 0.490 e. The van der Waals surface area contributed by atoms with Crippen LogP contribution in [0.15, 0.2) is 24.3 Å². The summed E-state index contributed by atoms with van der Waals surface area (Å²) in [6, 6.07) is 7.49. The lowest BCUT2D eigenvalue weighted by molar-refractivity contribution is 0.100. The van der Waals surface area contributed by atoms with Gasteiger partial charge in [0.1, 0.15) is 5.75 Å². The highest BCUT2D eigenvalue weighted by molar-refractivity contribution is 5.96. The molecule has 1 aliphatic heterocycles. The minimum atomic E-state index is 0.0527. The molecule has 0 amide bonds. The molecule has 116 valence electrons. The zero-order valence-corrected chi connectivity index (χ0v) is 13.3. The van der Waals surface area contributed by atoms with Crippen LogP contribution < -0.4 is 4.74 Å². The van der Waals surface area contributed by atoms with E-state index in [9.17, 15) is 4.79 Å². The van der Waals surface area contributed by atoms with Crippen molar-refractivity contribution in [3.8, 4) is 5.75 Å². The predicted octanol–water partition coefficient (Wildman–Crippen LogP) is 2.29. The molecular weight excluding hydrogens is 264 g/mol. The molecule has 1 fully saturated rings. The van der Waals surface area contributed by atoms with Crippen LogP contribution in [-0.4, -0.2) is 61.5 Å². The number of likely N-dealkylation sites (N-methyl/N-ethyl adjacent to an activating group) is 1. The normalized spacial score (nSPS) is 18.4. The van der Waals surface area contributed by atoms with Crippen LogP contribution in [0, 0.1) is 0 Å². The van der Waals surface area contributed by atoms with E-state index in [0.29, 0.717) is 11.3 Å². The topological polar surface area (TPSA) is 32.8 Å². The number of ether oxygens (including phenoxy) is 1. The fraction of sp³-hybridized carbons (Fsp3) is 0.588. The van der Waals surface area contributed by atoms with Gasteiger partial charge in [0.15, 0.2) is 5.78 Å². The third-order valence-corrected chi connectivity index (χ3v) is 4.04. The molecule has 1 aromatic carbocycles. The number of hydrogen-bond acceptors (Lipinski definition) is 4. The van der Waals surface area contributed by atoms with E-state index in [-0.39, 0.29) is 11.9 Å². The van der Waals surface area contributed by atoms with Gasteiger partial charge in [-0.2, -0.15) is 0 Å². The molecule has 1 aliphatic rings. The lowest BCUT2D eigenvalue weighted by atomic mass is 10.1. The van der Waals surface area contributed by atoms with E-state index in [1.165, 1.54) is 0 Å². The predicted molar refractivity (Wildman–Crippen MR) is 85.1 cm³/mol. The summed E-state index contributed by atoms with van der Waals surface area (Å²) < 4.78 is 5.96. The Morgan fingerprint density at radius 2 is 1.90 bits per heavy atom. The first-order valence-electron chi connectivity index (χ1n) is 7.74. The molecule has 1 unspecified atom stereocenters. The highest BCUT2D eigenvalue weighted by Crippen LogP contribution is 2.20. The van der Waals surface area contributed by atoms with Crippen LogP contribution in [0.3, 0.4) is 0 Å². The number of ketones is 1. The first-order valence-corrected chi connectivity index (χ1v) is 7.74. The van der Waals surface area contributed by atoms with Crippen molar-refractivity contribution in [1.82, 2.24) is 9.80 Å². The molecule has 1 aromatic rings. The average molecular weight is 290 g/mol. The molecule has 1 heterocycles. The second-order valence-corrected chi connectivity index (χ2v) is 5.91. The Hall–Kier alpha value is -1.39. The van der Waals surface area contributed by atoms with Gasteiger partial charge >= 0.3 is 0 Å².